The van der Waals surface area contributed by atoms with E-state index in [0.717, 1.165) is 5.56 Å². The predicted molar refractivity (Wildman–Crippen MR) is 85.5 cm³/mol. The van der Waals surface area contributed by atoms with E-state index < -0.39 is 10.2 Å². The number of carbonyl (C=O) groups excluding carboxylic acids is 1. The number of hydrogen-bond acceptors (Lipinski definition) is 3. The summed E-state index contributed by atoms with van der Waals surface area (Å²) >= 11 is 0. The van der Waals surface area contributed by atoms with Gasteiger partial charge in [-0.15, -0.1) is 0 Å². The van der Waals surface area contributed by atoms with Crippen LogP contribution in [0.2, 0.25) is 0 Å². The first-order valence-electron chi connectivity index (χ1n) is 7.50. The van der Waals surface area contributed by atoms with Gasteiger partial charge in [0, 0.05) is 46.7 Å². The van der Waals surface area contributed by atoms with E-state index >= 15 is 0 Å². The van der Waals surface area contributed by atoms with E-state index in [1.165, 1.54) is 34.8 Å². The Hall–Kier alpha value is -1.51. The molecule has 0 radical (unpaired) electrons. The highest BCUT2D eigenvalue weighted by Gasteiger charge is 2.29. The first kappa shape index (κ1) is 17.8. The highest BCUT2D eigenvalue weighted by atomic mass is 32.2. The van der Waals surface area contributed by atoms with Gasteiger partial charge in [-0.05, 0) is 24.1 Å². The molecule has 1 aromatic rings. The molecule has 0 bridgehead atoms. The summed E-state index contributed by atoms with van der Waals surface area (Å²) < 4.78 is 39.7. The average molecular weight is 343 g/mol. The Bertz CT molecular complexity index is 656. The van der Waals surface area contributed by atoms with Gasteiger partial charge >= 0.3 is 0 Å². The van der Waals surface area contributed by atoms with Gasteiger partial charge in [0.05, 0.1) is 0 Å². The van der Waals surface area contributed by atoms with Gasteiger partial charge in [-0.2, -0.15) is 17.0 Å². The molecule has 1 aromatic carbocycles. The van der Waals surface area contributed by atoms with Gasteiger partial charge in [-0.25, -0.2) is 4.39 Å². The maximum Gasteiger partial charge on any atom is 0.281 e. The van der Waals surface area contributed by atoms with Crippen molar-refractivity contribution < 1.29 is 17.6 Å². The molecule has 1 fully saturated rings. The molecule has 23 heavy (non-hydrogen) atoms. The molecule has 2 rings (SSSR count). The molecule has 1 saturated heterocycles. The third-order valence-electron chi connectivity index (χ3n) is 3.90. The van der Waals surface area contributed by atoms with Gasteiger partial charge in [0.25, 0.3) is 10.2 Å². The molecule has 1 heterocycles. The van der Waals surface area contributed by atoms with Gasteiger partial charge in [-0.3, -0.25) is 4.79 Å². The summed E-state index contributed by atoms with van der Waals surface area (Å²) in [6, 6.07) is 6.21. The molecule has 8 heteroatoms. The smallest absolute Gasteiger partial charge is 0.281 e. The molecule has 0 aliphatic carbocycles. The molecule has 128 valence electrons. The lowest BCUT2D eigenvalue weighted by Gasteiger charge is -2.35. The summed E-state index contributed by atoms with van der Waals surface area (Å²) in [4.78, 5) is 13.9. The zero-order chi connectivity index (χ0) is 17.0. The molecule has 1 aliphatic rings. The topological polar surface area (TPSA) is 60.9 Å². The van der Waals surface area contributed by atoms with Crippen molar-refractivity contribution in [1.29, 1.82) is 0 Å². The number of benzene rings is 1. The number of piperazine rings is 1. The van der Waals surface area contributed by atoms with Crippen LogP contribution in [-0.4, -0.2) is 68.1 Å². The monoisotopic (exact) mass is 343 g/mol. The lowest BCUT2D eigenvalue weighted by molar-refractivity contribution is -0.132. The zero-order valence-corrected chi connectivity index (χ0v) is 14.2. The Morgan fingerprint density at radius 1 is 1.22 bits per heavy atom. The Labute approximate surface area is 136 Å². The fourth-order valence-corrected chi connectivity index (χ4v) is 3.59. The molecule has 0 saturated carbocycles. The summed E-state index contributed by atoms with van der Waals surface area (Å²) in [5.74, 6) is -0.339. The van der Waals surface area contributed by atoms with Crippen molar-refractivity contribution in [3.8, 4) is 0 Å². The van der Waals surface area contributed by atoms with Crippen LogP contribution in [0.15, 0.2) is 24.3 Å². The first-order chi connectivity index (χ1) is 10.8. The van der Waals surface area contributed by atoms with Crippen LogP contribution in [0.1, 0.15) is 12.0 Å². The minimum absolute atomic E-state index is 0.0313. The van der Waals surface area contributed by atoms with Crippen LogP contribution in [0.4, 0.5) is 4.39 Å². The molecule has 6 nitrogen and oxygen atoms in total. The molecule has 0 aromatic heterocycles. The van der Waals surface area contributed by atoms with Gasteiger partial charge in [0.2, 0.25) is 5.91 Å². The molecule has 1 aliphatic heterocycles. The van der Waals surface area contributed by atoms with E-state index in [9.17, 15) is 17.6 Å². The number of hydrogen-bond donors (Lipinski definition) is 0. The van der Waals surface area contributed by atoms with E-state index in [1.807, 2.05) is 0 Å². The van der Waals surface area contributed by atoms with E-state index in [0.29, 0.717) is 39.0 Å². The van der Waals surface area contributed by atoms with Crippen LogP contribution in [0.5, 0.6) is 0 Å². The standard InChI is InChI=1S/C15H22FN3O3S/c1-17(2)23(21,22)19-10-8-18(9-11-19)15(20)7-6-13-4-3-5-14(16)12-13/h3-5,12H,6-11H2,1-2H3. The SMILES string of the molecule is CN(C)S(=O)(=O)N1CCN(C(=O)CCc2cccc(F)c2)CC1. The maximum absolute atomic E-state index is 13.1. The fourth-order valence-electron chi connectivity index (χ4n) is 2.50. The van der Waals surface area contributed by atoms with Gasteiger partial charge in [-0.1, -0.05) is 12.1 Å². The zero-order valence-electron chi connectivity index (χ0n) is 13.4. The van der Waals surface area contributed by atoms with E-state index in [-0.39, 0.29) is 11.7 Å². The second-order valence-corrected chi connectivity index (χ2v) is 7.84. The van der Waals surface area contributed by atoms with Crippen molar-refractivity contribution in [1.82, 2.24) is 13.5 Å². The summed E-state index contributed by atoms with van der Waals surface area (Å²) in [6.45, 7) is 1.36. The predicted octanol–water partition coefficient (Wildman–Crippen LogP) is 0.709. The van der Waals surface area contributed by atoms with Gasteiger partial charge in [0.1, 0.15) is 5.82 Å². The van der Waals surface area contributed by atoms with Crippen LogP contribution < -0.4 is 0 Å². The third kappa shape index (κ3) is 4.49. The minimum Gasteiger partial charge on any atom is -0.340 e. The first-order valence-corrected chi connectivity index (χ1v) is 8.90. The van der Waals surface area contributed by atoms with Crippen LogP contribution >= 0.6 is 0 Å². The van der Waals surface area contributed by atoms with Crippen LogP contribution in [0, 0.1) is 5.82 Å². The van der Waals surface area contributed by atoms with Crippen molar-refractivity contribution in [3.63, 3.8) is 0 Å². The summed E-state index contributed by atoms with van der Waals surface area (Å²) in [6.07, 6.45) is 0.774. The molecule has 0 N–H and O–H groups in total. The molecule has 0 atom stereocenters. The molecule has 0 unspecified atom stereocenters. The van der Waals surface area contributed by atoms with E-state index in [4.69, 9.17) is 0 Å². The van der Waals surface area contributed by atoms with Crippen LogP contribution in [-0.2, 0) is 21.4 Å². The largest absolute Gasteiger partial charge is 0.340 e. The Morgan fingerprint density at radius 2 is 1.87 bits per heavy atom. The number of halogens is 1. The van der Waals surface area contributed by atoms with Crippen molar-refractivity contribution in [3.05, 3.63) is 35.6 Å². The lowest BCUT2D eigenvalue weighted by Crippen LogP contribution is -2.53. The fraction of sp³-hybridized carbons (Fsp3) is 0.533. The van der Waals surface area contributed by atoms with Gasteiger partial charge in [0.15, 0.2) is 0 Å². The average Bonchev–Trinajstić information content (AvgIpc) is 2.52. The highest BCUT2D eigenvalue weighted by molar-refractivity contribution is 7.86. The van der Waals surface area contributed by atoms with E-state index in [2.05, 4.69) is 0 Å². The Balaban J connectivity index is 1.84. The number of amides is 1. The third-order valence-corrected chi connectivity index (χ3v) is 5.84. The molecule has 1 amide bonds. The number of aryl methyl sites for hydroxylation is 1. The Morgan fingerprint density at radius 3 is 2.43 bits per heavy atom. The maximum atomic E-state index is 13.1. The van der Waals surface area contributed by atoms with Crippen molar-refractivity contribution in [2.75, 3.05) is 40.3 Å². The highest BCUT2D eigenvalue weighted by Crippen LogP contribution is 2.12. The second-order valence-electron chi connectivity index (χ2n) is 5.70. The van der Waals surface area contributed by atoms with Crippen molar-refractivity contribution >= 4 is 16.1 Å². The molecular weight excluding hydrogens is 321 g/mol. The molecular formula is C15H22FN3O3S. The van der Waals surface area contributed by atoms with Crippen LogP contribution in [0.25, 0.3) is 0 Å². The quantitative estimate of drug-likeness (QED) is 0.791. The lowest BCUT2D eigenvalue weighted by atomic mass is 10.1. The minimum atomic E-state index is -3.42. The van der Waals surface area contributed by atoms with Crippen molar-refractivity contribution in [2.24, 2.45) is 0 Å². The summed E-state index contributed by atoms with van der Waals surface area (Å²) in [7, 11) is -0.438. The number of nitrogens with zero attached hydrogens (tertiary/aromatic N) is 3. The number of rotatable bonds is 5. The summed E-state index contributed by atoms with van der Waals surface area (Å²) in [5.41, 5.74) is 0.784. The van der Waals surface area contributed by atoms with Crippen molar-refractivity contribution in [2.45, 2.75) is 12.8 Å². The van der Waals surface area contributed by atoms with Gasteiger partial charge < -0.3 is 4.90 Å². The summed E-state index contributed by atoms with van der Waals surface area (Å²) in [5, 5.41) is 0. The molecule has 0 spiro atoms. The van der Waals surface area contributed by atoms with E-state index in [1.54, 1.807) is 17.0 Å². The van der Waals surface area contributed by atoms with Crippen LogP contribution in [0.3, 0.4) is 0 Å². The second kappa shape index (κ2) is 7.37. The normalized spacial score (nSPS) is 16.8. The number of carbonyl (C=O) groups is 1. The Kier molecular flexibility index (Phi) is 5.72.